The van der Waals surface area contributed by atoms with Gasteiger partial charge in [-0.3, -0.25) is 0 Å². The topological polar surface area (TPSA) is 30.8 Å². The molecule has 7 aromatic rings. The molecule has 0 amide bonds. The summed E-state index contributed by atoms with van der Waals surface area (Å²) < 4.78 is 12.3. The number of pyridine rings is 1. The predicted octanol–water partition coefficient (Wildman–Crippen LogP) is 10.7. The number of allylic oxidation sites excluding steroid dienone is 8. The van der Waals surface area contributed by atoms with Crippen molar-refractivity contribution in [2.75, 3.05) is 0 Å². The molecule has 0 atom stereocenters. The second kappa shape index (κ2) is 13.5. The summed E-state index contributed by atoms with van der Waals surface area (Å²) in [5, 5.41) is 2.52. The SMILES string of the molecule is C1=CB2N(C=C1)B1C=CC=CN1B1C=CC(c3ccc4c(n3)-c3ccccc3-c3ccc(-n5c6ccccc6c6ccccc65)cc3-c3ccccc3-4)=CN1B1C=CC=CN21. The minimum Gasteiger partial charge on any atom is -0.423 e. The van der Waals surface area contributed by atoms with Gasteiger partial charge in [-0.25, -0.2) is 4.98 Å². The van der Waals surface area contributed by atoms with Crippen molar-refractivity contribution in [3.8, 4) is 50.3 Å². The maximum Gasteiger partial charge on any atom is 0.380 e. The van der Waals surface area contributed by atoms with Crippen molar-refractivity contribution in [3.63, 3.8) is 0 Å². The average molecular weight is 776 g/mol. The Labute approximate surface area is 356 Å². The van der Waals surface area contributed by atoms with Crippen molar-refractivity contribution < 1.29 is 0 Å². The molecule has 1 aliphatic carbocycles. The van der Waals surface area contributed by atoms with Crippen LogP contribution in [0.2, 0.25) is 0 Å². The second-order valence-corrected chi connectivity index (χ2v) is 16.3. The van der Waals surface area contributed by atoms with E-state index in [4.69, 9.17) is 4.98 Å². The van der Waals surface area contributed by atoms with Gasteiger partial charge in [0.25, 0.3) is 0 Å². The van der Waals surface area contributed by atoms with Crippen LogP contribution in [0.1, 0.15) is 5.69 Å². The van der Waals surface area contributed by atoms with Crippen molar-refractivity contribution in [2.24, 2.45) is 0 Å². The number of fused-ring (bicyclic) bond motifs is 19. The van der Waals surface area contributed by atoms with Gasteiger partial charge in [0, 0.05) is 33.2 Å². The number of para-hydroxylation sites is 2. The first-order valence-corrected chi connectivity index (χ1v) is 21.2. The summed E-state index contributed by atoms with van der Waals surface area (Å²) in [4.78, 5) is 5.65. The zero-order valence-electron chi connectivity index (χ0n) is 33.3. The minimum absolute atomic E-state index is 0.0142. The van der Waals surface area contributed by atoms with Crippen molar-refractivity contribution in [1.29, 1.82) is 0 Å². The van der Waals surface area contributed by atoms with Crippen LogP contribution in [0.3, 0.4) is 0 Å². The van der Waals surface area contributed by atoms with Crippen molar-refractivity contribution in [3.05, 3.63) is 224 Å². The highest BCUT2D eigenvalue weighted by molar-refractivity contribution is 6.92. The highest BCUT2D eigenvalue weighted by atomic mass is 15.3. The summed E-state index contributed by atoms with van der Waals surface area (Å²) in [7, 11) is 0. The van der Waals surface area contributed by atoms with Crippen LogP contribution in [0.25, 0.3) is 77.7 Å². The Morgan fingerprint density at radius 2 is 0.885 bits per heavy atom. The Hall–Kier alpha value is -7.57. The average Bonchev–Trinajstić information content (AvgIpc) is 3.67. The molecule has 6 nitrogen and oxygen atoms in total. The number of nitrogens with zero attached hydrogens (tertiary/aromatic N) is 6. The first kappa shape index (κ1) is 34.3. The van der Waals surface area contributed by atoms with Gasteiger partial charge in [0.15, 0.2) is 0 Å². The zero-order valence-corrected chi connectivity index (χ0v) is 33.3. The third-order valence-electron chi connectivity index (χ3n) is 13.1. The van der Waals surface area contributed by atoms with Gasteiger partial charge in [-0.1, -0.05) is 139 Å². The van der Waals surface area contributed by atoms with E-state index in [1.54, 1.807) is 0 Å². The molecule has 0 radical (unpaired) electrons. The Balaban J connectivity index is 0.959. The van der Waals surface area contributed by atoms with E-state index in [1.807, 2.05) is 0 Å². The van der Waals surface area contributed by atoms with Crippen molar-refractivity contribution in [2.45, 2.75) is 0 Å². The van der Waals surface area contributed by atoms with Crippen LogP contribution in [0.15, 0.2) is 219 Å². The summed E-state index contributed by atoms with van der Waals surface area (Å²) in [6.07, 6.45) is 24.2. The standard InChI is InChI=1S/C51H36B4N6/c1-2-17-41-39(15-1)46-25-26-48(37-27-31-55-59-34-13-10-29-53(59)57-32-12-9-28-52(57)58-33-14-11-30-54(58)60(55)36-37)56-51(46)45-20-4-3-16-40(45)42-24-23-38(35-47(41)42)61-49-21-7-5-18-43(49)44-19-6-8-22-50(44)61/h1-36H. The normalized spacial score (nSPS) is 16.6. The van der Waals surface area contributed by atoms with Gasteiger partial charge in [0.05, 0.1) is 22.4 Å². The Bertz CT molecular complexity index is 3160. The van der Waals surface area contributed by atoms with Gasteiger partial charge in [-0.2, -0.15) is 0 Å². The summed E-state index contributed by atoms with van der Waals surface area (Å²) in [6, 6.07) is 46.6. The van der Waals surface area contributed by atoms with E-state index in [-0.39, 0.29) is 27.9 Å². The van der Waals surface area contributed by atoms with Gasteiger partial charge < -0.3 is 23.5 Å². The number of hydrogen-bond acceptors (Lipinski definition) is 5. The smallest absolute Gasteiger partial charge is 0.380 e. The Morgan fingerprint density at radius 3 is 1.52 bits per heavy atom. The molecule has 1 fully saturated rings. The lowest BCUT2D eigenvalue weighted by molar-refractivity contribution is 0.622. The highest BCUT2D eigenvalue weighted by Gasteiger charge is 2.50. The molecule has 13 rings (SSSR count). The fourth-order valence-corrected chi connectivity index (χ4v) is 10.5. The molecule has 5 aliphatic heterocycles. The molecule has 2 aromatic heterocycles. The molecule has 0 N–H and O–H groups in total. The van der Waals surface area contributed by atoms with Crippen LogP contribution in [-0.2, 0) is 0 Å². The second-order valence-electron chi connectivity index (χ2n) is 16.3. The summed E-state index contributed by atoms with van der Waals surface area (Å²) in [5.41, 5.74) is 14.8. The highest BCUT2D eigenvalue weighted by Crippen LogP contribution is 2.48. The molecular formula is C51H36B4N6. The Morgan fingerprint density at radius 1 is 0.393 bits per heavy atom. The predicted molar refractivity (Wildman–Crippen MR) is 256 cm³/mol. The lowest BCUT2D eigenvalue weighted by atomic mass is 9.42. The molecule has 7 heterocycles. The van der Waals surface area contributed by atoms with E-state index in [1.165, 1.54) is 49.6 Å². The van der Waals surface area contributed by atoms with Crippen molar-refractivity contribution >= 4 is 55.3 Å². The molecule has 1 saturated heterocycles. The van der Waals surface area contributed by atoms with Gasteiger partial charge in [-0.15, -0.1) is 0 Å². The molecular weight excluding hydrogens is 740 g/mol. The lowest BCUT2D eigenvalue weighted by Gasteiger charge is -2.53. The van der Waals surface area contributed by atoms with Crippen LogP contribution in [0, 0.1) is 0 Å². The van der Waals surface area contributed by atoms with Gasteiger partial charge in [0.2, 0.25) is 0 Å². The van der Waals surface area contributed by atoms with Crippen LogP contribution < -0.4 is 0 Å². The summed E-state index contributed by atoms with van der Waals surface area (Å²) in [5.74, 6) is 9.23. The van der Waals surface area contributed by atoms with E-state index in [0.29, 0.717) is 0 Å². The summed E-state index contributed by atoms with van der Waals surface area (Å²) >= 11 is 0. The fourth-order valence-electron chi connectivity index (χ4n) is 10.5. The minimum atomic E-state index is -0.0142. The monoisotopic (exact) mass is 776 g/mol. The molecule has 6 aliphatic rings. The third-order valence-corrected chi connectivity index (χ3v) is 13.1. The van der Waals surface area contributed by atoms with Gasteiger partial charge in [-0.05, 0) is 107 Å². The molecule has 282 valence electrons. The molecule has 10 heteroatoms. The first-order valence-electron chi connectivity index (χ1n) is 21.2. The van der Waals surface area contributed by atoms with Crippen LogP contribution in [0.5, 0.6) is 0 Å². The molecule has 0 saturated carbocycles. The number of hydrogen-bond donors (Lipinski definition) is 0. The van der Waals surface area contributed by atoms with Crippen molar-refractivity contribution in [1.82, 2.24) is 28.4 Å². The van der Waals surface area contributed by atoms with Gasteiger partial charge >= 0.3 is 27.9 Å². The number of aromatic nitrogens is 2. The third kappa shape index (κ3) is 5.18. The van der Waals surface area contributed by atoms with E-state index >= 15 is 0 Å². The van der Waals surface area contributed by atoms with E-state index in [9.17, 15) is 0 Å². The molecule has 0 unspecified atom stereocenters. The van der Waals surface area contributed by atoms with E-state index in [2.05, 4.69) is 242 Å². The van der Waals surface area contributed by atoms with Crippen LogP contribution >= 0.6 is 0 Å². The largest absolute Gasteiger partial charge is 0.423 e. The molecule has 0 spiro atoms. The molecule has 0 bridgehead atoms. The maximum atomic E-state index is 5.65. The van der Waals surface area contributed by atoms with E-state index in [0.717, 1.165) is 33.8 Å². The zero-order chi connectivity index (χ0) is 40.0. The quantitative estimate of drug-likeness (QED) is 0.163. The molecule has 61 heavy (non-hydrogen) atoms. The van der Waals surface area contributed by atoms with Crippen LogP contribution in [0.4, 0.5) is 0 Å². The molecule has 5 aromatic carbocycles. The number of rotatable bonds is 2. The lowest BCUT2D eigenvalue weighted by Crippen LogP contribution is -2.73. The summed E-state index contributed by atoms with van der Waals surface area (Å²) in [6.45, 7) is 0.0747. The van der Waals surface area contributed by atoms with Crippen LogP contribution in [-0.4, -0.2) is 56.4 Å². The fraction of sp³-hybridized carbons (Fsp3) is 0. The van der Waals surface area contributed by atoms with E-state index < -0.39 is 0 Å². The Kier molecular flexibility index (Phi) is 7.58. The number of benzene rings is 5. The maximum absolute atomic E-state index is 5.65. The van der Waals surface area contributed by atoms with Gasteiger partial charge in [0.1, 0.15) is 0 Å². The first-order chi connectivity index (χ1) is 30.3.